The van der Waals surface area contributed by atoms with E-state index in [-0.39, 0.29) is 0 Å². The number of hydrogen-bond acceptors (Lipinski definition) is 0. The van der Waals surface area contributed by atoms with Crippen molar-refractivity contribution < 1.29 is 0 Å². The monoisotopic (exact) mass is 204 g/mol. The van der Waals surface area contributed by atoms with Crippen LogP contribution in [0.3, 0.4) is 0 Å². The summed E-state index contributed by atoms with van der Waals surface area (Å²) in [6, 6.07) is 0. The van der Waals surface area contributed by atoms with Gasteiger partial charge in [-0.3, -0.25) is 0 Å². The average Bonchev–Trinajstić information content (AvgIpc) is 2.26. The van der Waals surface area contributed by atoms with Gasteiger partial charge in [0, 0.05) is 0 Å². The van der Waals surface area contributed by atoms with Crippen LogP contribution in [0.4, 0.5) is 0 Å². The molecule has 84 valence electrons. The molecule has 0 bridgehead atoms. The van der Waals surface area contributed by atoms with Crippen molar-refractivity contribution in [3.63, 3.8) is 0 Å². The largest absolute Gasteiger partial charge is 0.0991 e. The molecule has 0 nitrogen and oxygen atoms in total. The molecule has 0 atom stereocenters. The van der Waals surface area contributed by atoms with Crippen LogP contribution in [0.5, 0.6) is 0 Å². The van der Waals surface area contributed by atoms with Crippen LogP contribution in [0.15, 0.2) is 49.1 Å². The summed E-state index contributed by atoms with van der Waals surface area (Å²) >= 11 is 0. The molecule has 15 heavy (non-hydrogen) atoms. The first kappa shape index (κ1) is 14.0. The van der Waals surface area contributed by atoms with Gasteiger partial charge in [-0.1, -0.05) is 68.9 Å². The van der Waals surface area contributed by atoms with Crippen LogP contribution in [0.25, 0.3) is 0 Å². The predicted molar refractivity (Wildman–Crippen MR) is 71.0 cm³/mol. The fourth-order valence-corrected chi connectivity index (χ4v) is 1.40. The summed E-state index contributed by atoms with van der Waals surface area (Å²) in [5.41, 5.74) is 1.40. The average molecular weight is 204 g/mol. The number of rotatable bonds is 9. The van der Waals surface area contributed by atoms with Crippen molar-refractivity contribution in [3.05, 3.63) is 49.1 Å². The smallest absolute Gasteiger partial charge is 0.0279 e. The standard InChI is InChI=1S/C15H24/c1-4-7-9-10-12-14-15(6-3)13-11-8-5-2/h4,6-7,9,13H,1,3,5,8,10-12,14H2,2H3. The molecular formula is C15H24. The molecule has 0 heteroatoms. The lowest BCUT2D eigenvalue weighted by Crippen LogP contribution is -1.80. The van der Waals surface area contributed by atoms with Crippen molar-refractivity contribution in [2.75, 3.05) is 0 Å². The molecule has 0 fully saturated rings. The van der Waals surface area contributed by atoms with Gasteiger partial charge in [0.1, 0.15) is 0 Å². The first-order valence-corrected chi connectivity index (χ1v) is 5.94. The Hall–Kier alpha value is -1.04. The summed E-state index contributed by atoms with van der Waals surface area (Å²) in [4.78, 5) is 0. The molecule has 0 saturated carbocycles. The van der Waals surface area contributed by atoms with Crippen molar-refractivity contribution in [1.29, 1.82) is 0 Å². The second-order valence-electron chi connectivity index (χ2n) is 3.68. The van der Waals surface area contributed by atoms with E-state index in [2.05, 4.69) is 32.2 Å². The maximum atomic E-state index is 3.85. The quantitative estimate of drug-likeness (QED) is 0.357. The zero-order valence-corrected chi connectivity index (χ0v) is 10.0. The second-order valence-corrected chi connectivity index (χ2v) is 3.68. The summed E-state index contributed by atoms with van der Waals surface area (Å²) in [6.07, 6.45) is 17.5. The van der Waals surface area contributed by atoms with Crippen LogP contribution in [0.2, 0.25) is 0 Å². The van der Waals surface area contributed by atoms with Gasteiger partial charge >= 0.3 is 0 Å². The highest BCUT2D eigenvalue weighted by Crippen LogP contribution is 2.11. The summed E-state index contributed by atoms with van der Waals surface area (Å²) in [6.45, 7) is 9.72. The van der Waals surface area contributed by atoms with E-state index in [4.69, 9.17) is 0 Å². The molecule has 0 aliphatic carbocycles. The van der Waals surface area contributed by atoms with Crippen molar-refractivity contribution in [2.24, 2.45) is 0 Å². The maximum Gasteiger partial charge on any atom is -0.0279 e. The Kier molecular flexibility index (Phi) is 10.3. The topological polar surface area (TPSA) is 0 Å². The van der Waals surface area contributed by atoms with Gasteiger partial charge in [-0.15, -0.1) is 0 Å². The summed E-state index contributed by atoms with van der Waals surface area (Å²) < 4.78 is 0. The molecule has 0 radical (unpaired) electrons. The highest BCUT2D eigenvalue weighted by Gasteiger charge is 1.91. The molecule has 0 rings (SSSR count). The molecular weight excluding hydrogens is 180 g/mol. The van der Waals surface area contributed by atoms with Gasteiger partial charge in [0.15, 0.2) is 0 Å². The lowest BCUT2D eigenvalue weighted by molar-refractivity contribution is 0.796. The van der Waals surface area contributed by atoms with Gasteiger partial charge in [0.05, 0.1) is 0 Å². The van der Waals surface area contributed by atoms with Crippen molar-refractivity contribution >= 4 is 0 Å². The van der Waals surface area contributed by atoms with E-state index in [9.17, 15) is 0 Å². The Balaban J connectivity index is 3.69. The molecule has 0 N–H and O–H groups in total. The van der Waals surface area contributed by atoms with Crippen molar-refractivity contribution in [2.45, 2.75) is 45.4 Å². The van der Waals surface area contributed by atoms with Gasteiger partial charge in [-0.05, 0) is 25.7 Å². The third-order valence-corrected chi connectivity index (χ3v) is 2.33. The van der Waals surface area contributed by atoms with Gasteiger partial charge < -0.3 is 0 Å². The Morgan fingerprint density at radius 2 is 1.93 bits per heavy atom. The Morgan fingerprint density at radius 1 is 1.13 bits per heavy atom. The highest BCUT2D eigenvalue weighted by atomic mass is 14.0. The molecule has 0 heterocycles. The predicted octanol–water partition coefficient (Wildman–Crippen LogP) is 5.20. The molecule has 0 aliphatic heterocycles. The molecule has 0 aliphatic rings. The van der Waals surface area contributed by atoms with Gasteiger partial charge in [0.2, 0.25) is 0 Å². The van der Waals surface area contributed by atoms with E-state index in [1.54, 1.807) is 0 Å². The lowest BCUT2D eigenvalue weighted by Gasteiger charge is -2.00. The fourth-order valence-electron chi connectivity index (χ4n) is 1.40. The number of unbranched alkanes of at least 4 members (excludes halogenated alkanes) is 3. The van der Waals surface area contributed by atoms with E-state index in [1.807, 2.05) is 18.2 Å². The van der Waals surface area contributed by atoms with E-state index < -0.39 is 0 Å². The zero-order valence-electron chi connectivity index (χ0n) is 10.0. The Labute approximate surface area is 95.1 Å². The van der Waals surface area contributed by atoms with Crippen LogP contribution in [-0.4, -0.2) is 0 Å². The highest BCUT2D eigenvalue weighted by molar-refractivity contribution is 5.15. The molecule has 0 aromatic heterocycles. The lowest BCUT2D eigenvalue weighted by atomic mass is 10.1. The molecule has 0 aromatic rings. The summed E-state index contributed by atoms with van der Waals surface area (Å²) in [5, 5.41) is 0. The third kappa shape index (κ3) is 9.27. The van der Waals surface area contributed by atoms with Crippen LogP contribution >= 0.6 is 0 Å². The number of allylic oxidation sites excluding steroid dienone is 6. The minimum Gasteiger partial charge on any atom is -0.0991 e. The zero-order chi connectivity index (χ0) is 11.4. The second kappa shape index (κ2) is 11.0. The normalized spacial score (nSPS) is 11.9. The van der Waals surface area contributed by atoms with E-state index in [0.717, 1.165) is 12.8 Å². The molecule has 0 saturated heterocycles. The third-order valence-electron chi connectivity index (χ3n) is 2.33. The van der Waals surface area contributed by atoms with E-state index in [1.165, 1.54) is 31.3 Å². The molecule has 0 unspecified atom stereocenters. The Bertz CT molecular complexity index is 218. The van der Waals surface area contributed by atoms with Crippen LogP contribution in [-0.2, 0) is 0 Å². The molecule has 0 amide bonds. The minimum atomic E-state index is 1.13. The molecule has 0 spiro atoms. The van der Waals surface area contributed by atoms with E-state index >= 15 is 0 Å². The fraction of sp³-hybridized carbons (Fsp3) is 0.467. The van der Waals surface area contributed by atoms with Gasteiger partial charge in [-0.2, -0.15) is 0 Å². The van der Waals surface area contributed by atoms with Crippen LogP contribution in [0.1, 0.15) is 45.4 Å². The first-order valence-electron chi connectivity index (χ1n) is 5.94. The maximum absolute atomic E-state index is 3.85. The van der Waals surface area contributed by atoms with Crippen LogP contribution in [0, 0.1) is 0 Å². The SMILES string of the molecule is C=CC=CCCCC(C=C)=CCCCC. The Morgan fingerprint density at radius 3 is 2.53 bits per heavy atom. The van der Waals surface area contributed by atoms with Crippen molar-refractivity contribution in [1.82, 2.24) is 0 Å². The van der Waals surface area contributed by atoms with Crippen molar-refractivity contribution in [3.8, 4) is 0 Å². The summed E-state index contributed by atoms with van der Waals surface area (Å²) in [7, 11) is 0. The summed E-state index contributed by atoms with van der Waals surface area (Å²) in [5.74, 6) is 0. The minimum absolute atomic E-state index is 1.13. The number of hydrogen-bond donors (Lipinski definition) is 0. The molecule has 0 aromatic carbocycles. The van der Waals surface area contributed by atoms with Gasteiger partial charge in [0.25, 0.3) is 0 Å². The first-order chi connectivity index (χ1) is 7.35. The van der Waals surface area contributed by atoms with Crippen LogP contribution < -0.4 is 0 Å². The van der Waals surface area contributed by atoms with E-state index in [0.29, 0.717) is 0 Å². The van der Waals surface area contributed by atoms with Gasteiger partial charge in [-0.25, -0.2) is 0 Å².